The van der Waals surface area contributed by atoms with Crippen LogP contribution < -0.4 is 11.1 Å². The molecule has 6 heteroatoms. The lowest BCUT2D eigenvalue weighted by Crippen LogP contribution is -2.50. The molecule has 5 nitrogen and oxygen atoms in total. The van der Waals surface area contributed by atoms with Crippen LogP contribution in [0.4, 0.5) is 0 Å². The molecule has 0 bridgehead atoms. The number of Topliss-reactive ketones (excluding diaryl/α,β-unsaturated/α-hetero) is 1. The van der Waals surface area contributed by atoms with E-state index in [2.05, 4.69) is 5.32 Å². The van der Waals surface area contributed by atoms with Gasteiger partial charge in [-0.05, 0) is 30.9 Å². The van der Waals surface area contributed by atoms with Gasteiger partial charge in [-0.1, -0.05) is 23.7 Å². The quantitative estimate of drug-likeness (QED) is 0.887. The van der Waals surface area contributed by atoms with Crippen LogP contribution >= 0.6 is 11.6 Å². The highest BCUT2D eigenvalue weighted by Gasteiger charge is 2.32. The van der Waals surface area contributed by atoms with Crippen molar-refractivity contribution in [3.05, 3.63) is 34.9 Å². The Balaban J connectivity index is 2.13. The van der Waals surface area contributed by atoms with Crippen molar-refractivity contribution < 1.29 is 14.4 Å². The van der Waals surface area contributed by atoms with E-state index in [1.165, 1.54) is 0 Å². The van der Waals surface area contributed by atoms with E-state index in [4.69, 9.17) is 17.3 Å². The number of benzene rings is 1. The Morgan fingerprint density at radius 1 is 1.33 bits per heavy atom. The van der Waals surface area contributed by atoms with Gasteiger partial charge in [0.2, 0.25) is 5.91 Å². The number of hydrogen-bond donors (Lipinski definition) is 2. The van der Waals surface area contributed by atoms with Crippen molar-refractivity contribution in [2.24, 2.45) is 11.7 Å². The van der Waals surface area contributed by atoms with Gasteiger partial charge in [-0.15, -0.1) is 0 Å². The fourth-order valence-electron chi connectivity index (χ4n) is 2.63. The van der Waals surface area contributed by atoms with Crippen LogP contribution in [0.2, 0.25) is 5.02 Å². The second kappa shape index (κ2) is 6.72. The molecule has 3 N–H and O–H groups in total. The predicted molar refractivity (Wildman–Crippen MR) is 78.9 cm³/mol. The van der Waals surface area contributed by atoms with Crippen molar-refractivity contribution in [1.29, 1.82) is 0 Å². The maximum atomic E-state index is 12.2. The average Bonchev–Trinajstić information content (AvgIpc) is 2.44. The van der Waals surface area contributed by atoms with Crippen molar-refractivity contribution in [3.8, 4) is 0 Å². The number of nitrogens with one attached hydrogen (secondary N) is 1. The zero-order valence-electron chi connectivity index (χ0n) is 11.5. The first kappa shape index (κ1) is 15.5. The number of carbonyl (C=O) groups is 3. The first-order valence-corrected chi connectivity index (χ1v) is 7.23. The summed E-state index contributed by atoms with van der Waals surface area (Å²) >= 11 is 5.96. The van der Waals surface area contributed by atoms with Crippen molar-refractivity contribution in [3.63, 3.8) is 0 Å². The molecular formula is C15H17ClN2O3. The summed E-state index contributed by atoms with van der Waals surface area (Å²) in [6.07, 6.45) is 2.22. The van der Waals surface area contributed by atoms with Gasteiger partial charge in [0.25, 0.3) is 5.91 Å². The van der Waals surface area contributed by atoms with E-state index in [0.717, 1.165) is 6.42 Å². The minimum absolute atomic E-state index is 0.101. The van der Waals surface area contributed by atoms with Crippen LogP contribution in [0.1, 0.15) is 36.0 Å². The molecule has 1 fully saturated rings. The summed E-state index contributed by atoms with van der Waals surface area (Å²) in [5.74, 6) is -1.22. The topological polar surface area (TPSA) is 89.3 Å². The lowest BCUT2D eigenvalue weighted by Gasteiger charge is -2.28. The number of nitrogens with two attached hydrogens (primary N) is 1. The third kappa shape index (κ3) is 3.82. The third-order valence-electron chi connectivity index (χ3n) is 3.70. The van der Waals surface area contributed by atoms with E-state index < -0.39 is 17.9 Å². The number of amides is 2. The fourth-order valence-corrected chi connectivity index (χ4v) is 2.85. The van der Waals surface area contributed by atoms with Crippen LogP contribution in [0.3, 0.4) is 0 Å². The van der Waals surface area contributed by atoms with E-state index in [9.17, 15) is 14.4 Å². The lowest BCUT2D eigenvalue weighted by molar-refractivity contribution is -0.124. The lowest BCUT2D eigenvalue weighted by atomic mass is 9.82. The van der Waals surface area contributed by atoms with Crippen LogP contribution in [0, 0.1) is 5.92 Å². The minimum atomic E-state index is -0.849. The van der Waals surface area contributed by atoms with Crippen molar-refractivity contribution in [1.82, 2.24) is 5.32 Å². The highest BCUT2D eigenvalue weighted by molar-refractivity contribution is 6.33. The van der Waals surface area contributed by atoms with Crippen molar-refractivity contribution >= 4 is 29.2 Å². The number of primary amides is 1. The Bertz CT molecular complexity index is 574. The van der Waals surface area contributed by atoms with E-state index in [1.807, 2.05) is 0 Å². The van der Waals surface area contributed by atoms with Gasteiger partial charge in [-0.25, -0.2) is 0 Å². The van der Waals surface area contributed by atoms with Gasteiger partial charge in [0, 0.05) is 12.8 Å². The molecule has 2 atom stereocenters. The van der Waals surface area contributed by atoms with Crippen molar-refractivity contribution in [2.45, 2.75) is 31.7 Å². The zero-order valence-corrected chi connectivity index (χ0v) is 12.2. The summed E-state index contributed by atoms with van der Waals surface area (Å²) in [5.41, 5.74) is 5.66. The molecule has 0 unspecified atom stereocenters. The molecule has 1 aliphatic carbocycles. The summed E-state index contributed by atoms with van der Waals surface area (Å²) in [6.45, 7) is 0. The van der Waals surface area contributed by atoms with Crippen LogP contribution in [-0.4, -0.2) is 23.6 Å². The van der Waals surface area contributed by atoms with Gasteiger partial charge in [-0.3, -0.25) is 14.4 Å². The van der Waals surface area contributed by atoms with Crippen LogP contribution in [0.15, 0.2) is 24.3 Å². The normalized spacial score (nSPS) is 19.9. The Labute approximate surface area is 127 Å². The Kier molecular flexibility index (Phi) is 4.96. The summed E-state index contributed by atoms with van der Waals surface area (Å²) in [4.78, 5) is 35.4. The maximum Gasteiger partial charge on any atom is 0.253 e. The highest BCUT2D eigenvalue weighted by atomic mass is 35.5. The third-order valence-corrected chi connectivity index (χ3v) is 4.03. The molecule has 1 aromatic carbocycles. The van der Waals surface area contributed by atoms with Crippen LogP contribution in [0.5, 0.6) is 0 Å². The number of rotatable bonds is 4. The molecule has 0 radical (unpaired) electrons. The second-order valence-corrected chi connectivity index (χ2v) is 5.64. The van der Waals surface area contributed by atoms with E-state index >= 15 is 0 Å². The Hall–Kier alpha value is -1.88. The highest BCUT2D eigenvalue weighted by Crippen LogP contribution is 2.25. The van der Waals surface area contributed by atoms with Gasteiger partial charge in [0.05, 0.1) is 10.6 Å². The molecule has 1 aromatic rings. The molecular weight excluding hydrogens is 292 g/mol. The minimum Gasteiger partial charge on any atom is -0.368 e. The van der Waals surface area contributed by atoms with Gasteiger partial charge in [0.15, 0.2) is 0 Å². The molecule has 2 rings (SSSR count). The van der Waals surface area contributed by atoms with Crippen LogP contribution in [0.25, 0.3) is 0 Å². The monoisotopic (exact) mass is 308 g/mol. The Morgan fingerprint density at radius 3 is 2.67 bits per heavy atom. The van der Waals surface area contributed by atoms with Crippen molar-refractivity contribution in [2.75, 3.05) is 0 Å². The smallest absolute Gasteiger partial charge is 0.253 e. The summed E-state index contributed by atoms with van der Waals surface area (Å²) in [6, 6.07) is 5.72. The second-order valence-electron chi connectivity index (χ2n) is 5.23. The molecule has 0 aromatic heterocycles. The number of hydrogen-bond acceptors (Lipinski definition) is 3. The van der Waals surface area contributed by atoms with Crippen LogP contribution in [-0.2, 0) is 9.59 Å². The zero-order chi connectivity index (χ0) is 15.4. The molecule has 1 aliphatic rings. The van der Waals surface area contributed by atoms with Gasteiger partial charge < -0.3 is 11.1 Å². The molecule has 0 aliphatic heterocycles. The first-order valence-electron chi connectivity index (χ1n) is 6.85. The SMILES string of the molecule is NC(=O)[C@H](NC(=O)c1ccccc1Cl)[C@@H]1CCCC(=O)C1. The van der Waals surface area contributed by atoms with E-state index in [0.29, 0.717) is 17.9 Å². The standard InChI is InChI=1S/C15H17ClN2O3/c16-12-7-2-1-6-11(12)15(21)18-13(14(17)20)9-4-3-5-10(19)8-9/h1-2,6-7,9,13H,3-5,8H2,(H2,17,20)(H,18,21)/t9-,13-/m1/s1. The molecule has 21 heavy (non-hydrogen) atoms. The van der Waals surface area contributed by atoms with Gasteiger partial charge in [0.1, 0.15) is 11.8 Å². The average molecular weight is 309 g/mol. The maximum absolute atomic E-state index is 12.2. The molecule has 0 spiro atoms. The largest absolute Gasteiger partial charge is 0.368 e. The molecule has 0 saturated heterocycles. The summed E-state index contributed by atoms with van der Waals surface area (Å²) in [7, 11) is 0. The predicted octanol–water partition coefficient (Wildman–Crippen LogP) is 1.68. The van der Waals surface area contributed by atoms with Gasteiger partial charge in [-0.2, -0.15) is 0 Å². The number of carbonyl (C=O) groups excluding carboxylic acids is 3. The molecule has 1 saturated carbocycles. The fraction of sp³-hybridized carbons (Fsp3) is 0.400. The molecule has 2 amide bonds. The molecule has 0 heterocycles. The summed E-state index contributed by atoms with van der Waals surface area (Å²) < 4.78 is 0. The first-order chi connectivity index (χ1) is 9.99. The number of ketones is 1. The van der Waals surface area contributed by atoms with Gasteiger partial charge >= 0.3 is 0 Å². The number of halogens is 1. The van der Waals surface area contributed by atoms with E-state index in [-0.39, 0.29) is 23.7 Å². The molecule has 112 valence electrons. The summed E-state index contributed by atoms with van der Waals surface area (Å²) in [5, 5.41) is 2.92. The van der Waals surface area contributed by atoms with E-state index in [1.54, 1.807) is 24.3 Å². The Morgan fingerprint density at radius 2 is 2.05 bits per heavy atom.